The Kier molecular flexibility index (Phi) is 23.0. The minimum atomic E-state index is -1.57. The fourth-order valence-corrected chi connectivity index (χ4v) is 10.3. The Balaban J connectivity index is 0.000000373. The molecule has 0 bridgehead atoms. The molecule has 2 fully saturated rings. The lowest BCUT2D eigenvalue weighted by atomic mass is 9.80. The minimum Gasteiger partial charge on any atom is -0.459 e. The number of hydrogen-bond donors (Lipinski definition) is 4. The molecule has 4 aliphatic heterocycles. The largest absolute Gasteiger partial charge is 0.459 e. The number of likely N-dealkylation sites (N-methyl/N-ethyl adjacent to an activating group) is 2. The molecular weight excluding hydrogens is 905 g/mol. The summed E-state index contributed by atoms with van der Waals surface area (Å²) in [5.41, 5.74) is -3.04. The fraction of sp³-hybridized carbons (Fsp3) is 0.830. The molecule has 21 atom stereocenters. The predicted octanol–water partition coefficient (Wildman–Crippen LogP) is 4.82. The molecule has 0 amide bonds. The number of aliphatic hydroxyl groups is 4. The van der Waals surface area contributed by atoms with Gasteiger partial charge in [-0.2, -0.15) is 0 Å². The van der Waals surface area contributed by atoms with E-state index in [1.165, 1.54) is 45.1 Å². The lowest BCUT2D eigenvalue weighted by molar-refractivity contribution is -0.279. The molecule has 2 saturated heterocycles. The van der Waals surface area contributed by atoms with Crippen LogP contribution in [0.5, 0.6) is 0 Å². The van der Waals surface area contributed by atoms with Gasteiger partial charge >= 0.3 is 11.9 Å². The van der Waals surface area contributed by atoms with E-state index in [2.05, 4.69) is 0 Å². The monoisotopic (exact) mass is 995 g/mol. The van der Waals surface area contributed by atoms with E-state index in [0.29, 0.717) is 38.5 Å². The highest BCUT2D eigenvalue weighted by atomic mass is 16.7. The molecule has 0 unspecified atom stereocenters. The second-order valence-electron chi connectivity index (χ2n) is 21.9. The molecule has 4 aliphatic rings. The van der Waals surface area contributed by atoms with Gasteiger partial charge in [-0.3, -0.25) is 24.0 Å². The van der Waals surface area contributed by atoms with Gasteiger partial charge in [-0.1, -0.05) is 48.5 Å². The Morgan fingerprint density at radius 3 is 1.30 bits per heavy atom. The van der Waals surface area contributed by atoms with Gasteiger partial charge in [0.05, 0.1) is 30.3 Å². The number of cyclic esters (lactones) is 2. The molecule has 0 saturated carbocycles. The summed E-state index contributed by atoms with van der Waals surface area (Å²) in [7, 11) is 7.57. The highest BCUT2D eigenvalue weighted by molar-refractivity contribution is 6.00. The van der Waals surface area contributed by atoms with E-state index in [1.54, 1.807) is 27.7 Å². The van der Waals surface area contributed by atoms with Crippen molar-refractivity contribution in [3.05, 3.63) is 24.3 Å². The zero-order chi connectivity index (χ0) is 53.3. The average Bonchev–Trinajstić information content (AvgIpc) is 3.28. The molecule has 0 radical (unpaired) electrons. The third-order valence-electron chi connectivity index (χ3n) is 15.0. The summed E-state index contributed by atoms with van der Waals surface area (Å²) in [4.78, 5) is 69.1. The zero-order valence-electron chi connectivity index (χ0n) is 45.2. The molecule has 17 nitrogen and oxygen atoms in total. The summed E-state index contributed by atoms with van der Waals surface area (Å²) in [6, 6.07) is -0.334. The van der Waals surface area contributed by atoms with Crippen LogP contribution in [0.3, 0.4) is 0 Å². The second-order valence-corrected chi connectivity index (χ2v) is 21.9. The molecule has 402 valence electrons. The molecule has 0 aliphatic carbocycles. The van der Waals surface area contributed by atoms with Crippen molar-refractivity contribution in [3.63, 3.8) is 0 Å². The molecule has 0 aromatic rings. The van der Waals surface area contributed by atoms with Crippen molar-refractivity contribution in [2.75, 3.05) is 28.2 Å². The Bertz CT molecular complexity index is 1800. The van der Waals surface area contributed by atoms with Crippen LogP contribution in [-0.4, -0.2) is 172 Å². The van der Waals surface area contributed by atoms with E-state index >= 15 is 0 Å². The van der Waals surface area contributed by atoms with Crippen LogP contribution < -0.4 is 0 Å². The molecule has 17 heteroatoms. The summed E-state index contributed by atoms with van der Waals surface area (Å²) in [5, 5.41) is 43.7. The Hall–Kier alpha value is -2.97. The molecule has 0 aromatic carbocycles. The van der Waals surface area contributed by atoms with Crippen LogP contribution in [0.15, 0.2) is 24.3 Å². The number of nitrogens with zero attached hydrogens (tertiary/aromatic N) is 2. The van der Waals surface area contributed by atoms with Crippen molar-refractivity contribution in [3.8, 4) is 0 Å². The molecule has 4 heterocycles. The van der Waals surface area contributed by atoms with Gasteiger partial charge in [0.15, 0.2) is 29.9 Å². The maximum Gasteiger partial charge on any atom is 0.316 e. The second kappa shape index (κ2) is 26.3. The molecular formula is C53H90N2O15. The summed E-state index contributed by atoms with van der Waals surface area (Å²) in [5.74, 6) is -5.64. The normalized spacial score (nSPS) is 44.2. The van der Waals surface area contributed by atoms with E-state index in [0.717, 1.165) is 0 Å². The van der Waals surface area contributed by atoms with Crippen LogP contribution in [0.2, 0.25) is 0 Å². The quantitative estimate of drug-likeness (QED) is 0.189. The number of aliphatic hydroxyl groups excluding tert-OH is 2. The van der Waals surface area contributed by atoms with Gasteiger partial charge in [0.2, 0.25) is 0 Å². The van der Waals surface area contributed by atoms with Crippen LogP contribution >= 0.6 is 0 Å². The van der Waals surface area contributed by atoms with Gasteiger partial charge in [0.1, 0.15) is 41.5 Å². The number of esters is 2. The Morgan fingerprint density at radius 2 is 0.943 bits per heavy atom. The van der Waals surface area contributed by atoms with Crippen molar-refractivity contribution in [1.29, 1.82) is 0 Å². The van der Waals surface area contributed by atoms with Crippen molar-refractivity contribution in [1.82, 2.24) is 9.80 Å². The number of hydrogen-bond acceptors (Lipinski definition) is 17. The van der Waals surface area contributed by atoms with E-state index in [4.69, 9.17) is 28.4 Å². The summed E-state index contributed by atoms with van der Waals surface area (Å²) in [6.07, 6.45) is 1.26. The van der Waals surface area contributed by atoms with Gasteiger partial charge in [0, 0.05) is 29.8 Å². The van der Waals surface area contributed by atoms with E-state index in [-0.39, 0.29) is 59.4 Å². The molecule has 4 rings (SSSR count). The smallest absolute Gasteiger partial charge is 0.316 e. The number of allylic oxidation sites excluding steroid dienone is 2. The number of rotatable bonds is 8. The molecule has 0 spiro atoms. The molecule has 0 aromatic heterocycles. The van der Waals surface area contributed by atoms with Crippen molar-refractivity contribution < 1.29 is 72.8 Å². The average molecular weight is 995 g/mol. The van der Waals surface area contributed by atoms with Crippen LogP contribution in [0.25, 0.3) is 0 Å². The van der Waals surface area contributed by atoms with Crippen LogP contribution in [0.4, 0.5) is 0 Å². The topological polar surface area (TPSA) is 228 Å². The minimum absolute atomic E-state index is 0.106. The number of carbonyl (C=O) groups is 5. The number of ether oxygens (including phenoxy) is 6. The van der Waals surface area contributed by atoms with Gasteiger partial charge in [-0.05, 0) is 144 Å². The first-order valence-electron chi connectivity index (χ1n) is 25.5. The maximum atomic E-state index is 13.5. The van der Waals surface area contributed by atoms with Gasteiger partial charge < -0.3 is 58.6 Å². The summed E-state index contributed by atoms with van der Waals surface area (Å²) in [6.45, 7) is 22.8. The number of Topliss-reactive ketones (excluding diaryl/α,β-unsaturated/α-hetero) is 1. The van der Waals surface area contributed by atoms with Crippen LogP contribution in [-0.2, 0) is 52.4 Å². The van der Waals surface area contributed by atoms with Gasteiger partial charge in [0.25, 0.3) is 0 Å². The van der Waals surface area contributed by atoms with Crippen LogP contribution in [0.1, 0.15) is 129 Å². The lowest BCUT2D eigenvalue weighted by Gasteiger charge is -2.43. The van der Waals surface area contributed by atoms with E-state index < -0.39 is 96.0 Å². The summed E-state index contributed by atoms with van der Waals surface area (Å²) >= 11 is 0. The van der Waals surface area contributed by atoms with E-state index in [9.17, 15) is 44.4 Å². The van der Waals surface area contributed by atoms with Crippen LogP contribution in [0, 0.1) is 41.4 Å². The zero-order valence-corrected chi connectivity index (χ0v) is 45.2. The standard InChI is InChI=1S/C28H47NO8.C25H43NO7/c1-10-22-28(7,34)12-11-21(30)15(2)13-16(3)25(18(5)23(31)19(6)26(33)36-22)37-27-24(32)20(29(8)9)14-17(4)35-27;1-9-20-25(6,30)11-10-19(27)14(2)12-15(3)22(17(5)23(29)32-20)33-24-21(28)18(26(7)8)13-16(4)31-24/h11-12,15-20,22,24-25,27,32,34H,10,13-14H2,1-9H3;10-11,14-18,20-22,24,28,30H,9,12-13H2,1-8H3/b12-11+;11-10+/t15-,16+,17-,18+,19-,20+,22-,24-,25+,27+,28+;14-,15+,16-,17-,18+,20-,21-,22+,24+,25+/m11/s1. The van der Waals surface area contributed by atoms with Gasteiger partial charge in [-0.15, -0.1) is 0 Å². The first-order chi connectivity index (χ1) is 32.4. The Labute approximate surface area is 418 Å². The summed E-state index contributed by atoms with van der Waals surface area (Å²) < 4.78 is 35.8. The van der Waals surface area contributed by atoms with Gasteiger partial charge in [-0.25, -0.2) is 0 Å². The predicted molar refractivity (Wildman–Crippen MR) is 263 cm³/mol. The maximum absolute atomic E-state index is 13.5. The SMILES string of the molecule is CC[C@H]1OC(=O)[C@H](C)C(=O)[C@H](C)[C@@H](O[C@@H]2O[C@H](C)C[C@H](N(C)C)[C@H]2O)[C@@H](C)C[C@@H](C)C(=O)/C=C/[C@]1(C)O.CC[C@H]1OC(=O)[C@H](C)[C@@H](O[C@@H]2O[C@H](C)C[C@H](N(C)C)[C@H]2O)[C@@H](C)C[C@@H](C)C(=O)/C=C/[C@]1(C)O. The highest BCUT2D eigenvalue weighted by Gasteiger charge is 2.46. The van der Waals surface area contributed by atoms with Crippen molar-refractivity contribution in [2.45, 2.75) is 213 Å². The molecule has 70 heavy (non-hydrogen) atoms. The number of ketones is 3. The fourth-order valence-electron chi connectivity index (χ4n) is 10.3. The van der Waals surface area contributed by atoms with E-state index in [1.807, 2.05) is 79.5 Å². The van der Waals surface area contributed by atoms with Crippen molar-refractivity contribution in [2.24, 2.45) is 41.4 Å². The first kappa shape index (κ1) is 61.3. The third-order valence-corrected chi connectivity index (χ3v) is 15.0. The number of carbonyl (C=O) groups excluding carboxylic acids is 5. The van der Waals surface area contributed by atoms with Crippen molar-refractivity contribution >= 4 is 29.3 Å². The first-order valence-corrected chi connectivity index (χ1v) is 25.5. The lowest BCUT2D eigenvalue weighted by Crippen LogP contribution is -2.56. The highest BCUT2D eigenvalue weighted by Crippen LogP contribution is 2.35. The third kappa shape index (κ3) is 16.0. The Morgan fingerprint density at radius 1 is 0.586 bits per heavy atom. The molecule has 4 N–H and O–H groups in total.